The predicted molar refractivity (Wildman–Crippen MR) is 49.2 cm³/mol. The van der Waals surface area contributed by atoms with Gasteiger partial charge in [0, 0.05) is 6.42 Å². The van der Waals surface area contributed by atoms with Crippen molar-refractivity contribution in [3.63, 3.8) is 0 Å². The van der Waals surface area contributed by atoms with Crippen LogP contribution in [0.15, 0.2) is 0 Å². The summed E-state index contributed by atoms with van der Waals surface area (Å²) in [6, 6.07) is 0. The zero-order valence-corrected chi connectivity index (χ0v) is 7.69. The van der Waals surface area contributed by atoms with Crippen LogP contribution in [0.2, 0.25) is 0 Å². The Bertz CT molecular complexity index is 163. The van der Waals surface area contributed by atoms with E-state index in [2.05, 4.69) is 19.8 Å². The van der Waals surface area contributed by atoms with Crippen LogP contribution in [-0.2, 0) is 0 Å². The first-order valence-electron chi connectivity index (χ1n) is 4.66. The van der Waals surface area contributed by atoms with Crippen LogP contribution in [0.3, 0.4) is 0 Å². The van der Waals surface area contributed by atoms with Crippen LogP contribution in [0.1, 0.15) is 46.0 Å². The Balaban J connectivity index is 2.21. The van der Waals surface area contributed by atoms with Crippen LogP contribution in [0.4, 0.5) is 0 Å². The number of hydrogen-bond acceptors (Lipinski definition) is 0. The molecule has 0 amide bonds. The number of unbranched alkanes of at least 4 members (excludes halogenated alkanes) is 1. The van der Waals surface area contributed by atoms with Gasteiger partial charge in [0.1, 0.15) is 0 Å². The summed E-state index contributed by atoms with van der Waals surface area (Å²) in [7, 11) is 0. The van der Waals surface area contributed by atoms with Crippen LogP contribution in [0, 0.1) is 23.7 Å². The minimum atomic E-state index is 0.627. The quantitative estimate of drug-likeness (QED) is 0.540. The lowest BCUT2D eigenvalue weighted by atomic mass is 9.98. The SMILES string of the molecule is C#CCC1CC1(C)CCCC. The molecule has 0 N–H and O–H groups in total. The molecule has 0 radical (unpaired) electrons. The first-order valence-corrected chi connectivity index (χ1v) is 4.66. The fourth-order valence-electron chi connectivity index (χ4n) is 1.85. The van der Waals surface area contributed by atoms with E-state index in [1.54, 1.807) is 0 Å². The lowest BCUT2D eigenvalue weighted by Crippen LogP contribution is -1.97. The minimum Gasteiger partial charge on any atom is -0.120 e. The summed E-state index contributed by atoms with van der Waals surface area (Å²) in [5.74, 6) is 3.61. The van der Waals surface area contributed by atoms with E-state index in [0.29, 0.717) is 5.41 Å². The van der Waals surface area contributed by atoms with Crippen molar-refractivity contribution in [3.8, 4) is 12.3 Å². The van der Waals surface area contributed by atoms with Gasteiger partial charge in [-0.15, -0.1) is 12.3 Å². The van der Waals surface area contributed by atoms with E-state index in [4.69, 9.17) is 6.42 Å². The van der Waals surface area contributed by atoms with Gasteiger partial charge in [-0.1, -0.05) is 26.7 Å². The molecule has 0 bridgehead atoms. The summed E-state index contributed by atoms with van der Waals surface area (Å²) < 4.78 is 0. The van der Waals surface area contributed by atoms with E-state index in [1.165, 1.54) is 25.7 Å². The molecule has 1 rings (SSSR count). The van der Waals surface area contributed by atoms with Gasteiger partial charge in [0.25, 0.3) is 0 Å². The highest BCUT2D eigenvalue weighted by atomic mass is 14.5. The summed E-state index contributed by atoms with van der Waals surface area (Å²) >= 11 is 0. The predicted octanol–water partition coefficient (Wildman–Crippen LogP) is 3.23. The fraction of sp³-hybridized carbons (Fsp3) is 0.818. The second kappa shape index (κ2) is 3.30. The molecule has 0 aromatic heterocycles. The summed E-state index contributed by atoms with van der Waals surface area (Å²) in [5.41, 5.74) is 0.627. The molecule has 2 unspecified atom stereocenters. The van der Waals surface area contributed by atoms with Crippen LogP contribution in [-0.4, -0.2) is 0 Å². The Morgan fingerprint density at radius 1 is 1.64 bits per heavy atom. The Labute approximate surface area is 70.4 Å². The average Bonchev–Trinajstić information content (AvgIpc) is 2.60. The van der Waals surface area contributed by atoms with Crippen LogP contribution in [0.25, 0.3) is 0 Å². The molecule has 0 aromatic carbocycles. The van der Waals surface area contributed by atoms with Gasteiger partial charge < -0.3 is 0 Å². The minimum absolute atomic E-state index is 0.627. The van der Waals surface area contributed by atoms with Crippen molar-refractivity contribution in [2.75, 3.05) is 0 Å². The Morgan fingerprint density at radius 3 is 2.91 bits per heavy atom. The van der Waals surface area contributed by atoms with E-state index in [0.717, 1.165) is 12.3 Å². The third kappa shape index (κ3) is 1.99. The fourth-order valence-corrected chi connectivity index (χ4v) is 1.85. The summed E-state index contributed by atoms with van der Waals surface area (Å²) in [4.78, 5) is 0. The highest BCUT2D eigenvalue weighted by Crippen LogP contribution is 2.57. The van der Waals surface area contributed by atoms with Crippen molar-refractivity contribution in [1.29, 1.82) is 0 Å². The molecule has 0 saturated heterocycles. The maximum atomic E-state index is 5.27. The molecule has 62 valence electrons. The van der Waals surface area contributed by atoms with Gasteiger partial charge in [0.2, 0.25) is 0 Å². The maximum absolute atomic E-state index is 5.27. The van der Waals surface area contributed by atoms with Crippen molar-refractivity contribution >= 4 is 0 Å². The molecule has 0 aliphatic heterocycles. The monoisotopic (exact) mass is 150 g/mol. The maximum Gasteiger partial charge on any atom is 0.0120 e. The molecule has 0 spiro atoms. The van der Waals surface area contributed by atoms with Gasteiger partial charge in [-0.3, -0.25) is 0 Å². The van der Waals surface area contributed by atoms with Crippen LogP contribution in [0.5, 0.6) is 0 Å². The van der Waals surface area contributed by atoms with Crippen LogP contribution < -0.4 is 0 Å². The third-order valence-corrected chi connectivity index (χ3v) is 3.00. The summed E-state index contributed by atoms with van der Waals surface area (Å²) in [5, 5.41) is 0. The normalized spacial score (nSPS) is 34.8. The highest BCUT2D eigenvalue weighted by molar-refractivity contribution is 5.04. The zero-order chi connectivity index (χ0) is 8.32. The molecule has 1 fully saturated rings. The van der Waals surface area contributed by atoms with E-state index >= 15 is 0 Å². The van der Waals surface area contributed by atoms with Gasteiger partial charge in [-0.25, -0.2) is 0 Å². The zero-order valence-electron chi connectivity index (χ0n) is 7.69. The molecule has 1 aliphatic carbocycles. The van der Waals surface area contributed by atoms with Crippen molar-refractivity contribution in [1.82, 2.24) is 0 Å². The highest BCUT2D eigenvalue weighted by Gasteiger charge is 2.47. The topological polar surface area (TPSA) is 0 Å². The Hall–Kier alpha value is -0.440. The molecule has 0 heteroatoms. The Morgan fingerprint density at radius 2 is 2.36 bits per heavy atom. The standard InChI is InChI=1S/C11H18/c1-4-6-8-11(3)9-10(11)7-5-2/h2,10H,4,6-9H2,1,3H3. The van der Waals surface area contributed by atoms with Gasteiger partial charge in [0.05, 0.1) is 0 Å². The van der Waals surface area contributed by atoms with Gasteiger partial charge in [0.15, 0.2) is 0 Å². The molecule has 0 heterocycles. The van der Waals surface area contributed by atoms with Gasteiger partial charge >= 0.3 is 0 Å². The smallest absolute Gasteiger partial charge is 0.0120 e. The molecule has 1 aliphatic rings. The van der Waals surface area contributed by atoms with Crippen molar-refractivity contribution in [2.45, 2.75) is 46.0 Å². The molecule has 0 nitrogen and oxygen atoms in total. The van der Waals surface area contributed by atoms with Crippen LogP contribution >= 0.6 is 0 Å². The first kappa shape index (κ1) is 8.65. The first-order chi connectivity index (χ1) is 5.23. The summed E-state index contributed by atoms with van der Waals surface area (Å²) in [6.07, 6.45) is 11.7. The molecule has 1 saturated carbocycles. The van der Waals surface area contributed by atoms with Crippen molar-refractivity contribution in [3.05, 3.63) is 0 Å². The largest absolute Gasteiger partial charge is 0.120 e. The van der Waals surface area contributed by atoms with Gasteiger partial charge in [-0.2, -0.15) is 0 Å². The van der Waals surface area contributed by atoms with E-state index in [1.807, 2.05) is 0 Å². The third-order valence-electron chi connectivity index (χ3n) is 3.00. The van der Waals surface area contributed by atoms with Crippen molar-refractivity contribution < 1.29 is 0 Å². The van der Waals surface area contributed by atoms with Crippen molar-refractivity contribution in [2.24, 2.45) is 11.3 Å². The average molecular weight is 150 g/mol. The lowest BCUT2D eigenvalue weighted by molar-refractivity contribution is 0.444. The summed E-state index contributed by atoms with van der Waals surface area (Å²) in [6.45, 7) is 4.63. The Kier molecular flexibility index (Phi) is 2.60. The lowest BCUT2D eigenvalue weighted by Gasteiger charge is -2.07. The molecular weight excluding hydrogens is 132 g/mol. The number of hydrogen-bond donors (Lipinski definition) is 0. The molecule has 0 aromatic rings. The van der Waals surface area contributed by atoms with Gasteiger partial charge in [-0.05, 0) is 24.2 Å². The molecular formula is C11H18. The van der Waals surface area contributed by atoms with E-state index in [9.17, 15) is 0 Å². The second-order valence-electron chi connectivity index (χ2n) is 4.07. The number of rotatable bonds is 4. The molecule has 2 atom stereocenters. The molecule has 11 heavy (non-hydrogen) atoms. The van der Waals surface area contributed by atoms with E-state index in [-0.39, 0.29) is 0 Å². The number of terminal acetylenes is 1. The van der Waals surface area contributed by atoms with E-state index < -0.39 is 0 Å². The second-order valence-corrected chi connectivity index (χ2v) is 4.07.